The van der Waals surface area contributed by atoms with Crippen LogP contribution in [0.2, 0.25) is 0 Å². The molecule has 0 aliphatic carbocycles. The third kappa shape index (κ3) is 27.9. The Hall–Kier alpha value is -2.28. The summed E-state index contributed by atoms with van der Waals surface area (Å²) in [6, 6.07) is 0. The van der Waals surface area contributed by atoms with Crippen LogP contribution in [0.4, 0.5) is 0 Å². The minimum atomic E-state index is -1.77. The quantitative estimate of drug-likeness (QED) is 0.0177. The zero-order valence-electron chi connectivity index (χ0n) is 41.8. The molecule has 15 nitrogen and oxygen atoms in total. The molecule has 2 aliphatic heterocycles. The summed E-state index contributed by atoms with van der Waals surface area (Å²) in [7, 11) is 0. The van der Waals surface area contributed by atoms with Crippen LogP contribution in [-0.2, 0) is 38.0 Å². The first-order valence-electron chi connectivity index (χ1n) is 26.6. The third-order valence-electron chi connectivity index (χ3n) is 12.6. The van der Waals surface area contributed by atoms with E-state index in [4.69, 9.17) is 28.4 Å². The number of hydrogen-bond donors (Lipinski definition) is 7. The smallest absolute Gasteiger partial charge is 0.306 e. The molecule has 0 bridgehead atoms. The lowest BCUT2D eigenvalue weighted by atomic mass is 9.98. The van der Waals surface area contributed by atoms with Crippen molar-refractivity contribution in [2.75, 3.05) is 26.4 Å². The van der Waals surface area contributed by atoms with E-state index in [1.54, 1.807) is 0 Å². The summed E-state index contributed by atoms with van der Waals surface area (Å²) >= 11 is 0. The van der Waals surface area contributed by atoms with Gasteiger partial charge in [-0.3, -0.25) is 9.59 Å². The van der Waals surface area contributed by atoms with Crippen LogP contribution in [-0.4, -0.2) is 142 Å². The highest BCUT2D eigenvalue weighted by Crippen LogP contribution is 2.26. The number of hydrogen-bond acceptors (Lipinski definition) is 15. The van der Waals surface area contributed by atoms with E-state index in [1.165, 1.54) is 89.9 Å². The maximum Gasteiger partial charge on any atom is 0.306 e. The van der Waals surface area contributed by atoms with E-state index in [1.807, 2.05) is 0 Å². The summed E-state index contributed by atoms with van der Waals surface area (Å²) in [6.45, 7) is 2.55. The summed E-state index contributed by atoms with van der Waals surface area (Å²) in [5.74, 6) is -0.944. The molecule has 0 aromatic heterocycles. The van der Waals surface area contributed by atoms with Crippen molar-refractivity contribution in [3.63, 3.8) is 0 Å². The fourth-order valence-corrected chi connectivity index (χ4v) is 8.22. The minimum absolute atomic E-state index is 0.141. The van der Waals surface area contributed by atoms with Crippen molar-refractivity contribution in [2.24, 2.45) is 0 Å². The highest BCUT2D eigenvalue weighted by molar-refractivity contribution is 5.70. The van der Waals surface area contributed by atoms with Crippen molar-refractivity contribution in [2.45, 2.75) is 261 Å². The number of aliphatic hydroxyl groups excluding tert-OH is 7. The Morgan fingerprint density at radius 3 is 1.41 bits per heavy atom. The van der Waals surface area contributed by atoms with Crippen molar-refractivity contribution in [3.8, 4) is 0 Å². The normalized spacial score (nSPS) is 26.0. The molecule has 0 radical (unpaired) electrons. The van der Waals surface area contributed by atoms with E-state index in [0.29, 0.717) is 12.8 Å². The molecule has 2 aliphatic rings. The predicted molar refractivity (Wildman–Crippen MR) is 261 cm³/mol. The maximum absolute atomic E-state index is 13.0. The molecule has 4 unspecified atom stereocenters. The zero-order valence-corrected chi connectivity index (χ0v) is 41.8. The first kappa shape index (κ1) is 61.8. The molecule has 2 heterocycles. The molecule has 0 saturated carbocycles. The van der Waals surface area contributed by atoms with Gasteiger partial charge in [0.15, 0.2) is 18.7 Å². The number of allylic oxidation sites excluding steroid dienone is 6. The molecule has 11 atom stereocenters. The molecule has 2 saturated heterocycles. The molecular formula is C53H94O15. The molecule has 2 rings (SSSR count). The van der Waals surface area contributed by atoms with Gasteiger partial charge >= 0.3 is 11.9 Å². The molecule has 2 fully saturated rings. The predicted octanol–water partition coefficient (Wildman–Crippen LogP) is 7.71. The number of ether oxygens (including phenoxy) is 6. The van der Waals surface area contributed by atoms with Gasteiger partial charge in [0.25, 0.3) is 0 Å². The summed E-state index contributed by atoms with van der Waals surface area (Å²) in [5.41, 5.74) is 0. The van der Waals surface area contributed by atoms with E-state index in [0.717, 1.165) is 64.2 Å². The lowest BCUT2D eigenvalue weighted by Gasteiger charge is -2.42. The van der Waals surface area contributed by atoms with Crippen LogP contribution in [0.15, 0.2) is 36.5 Å². The van der Waals surface area contributed by atoms with E-state index in [9.17, 15) is 45.3 Å². The first-order valence-corrected chi connectivity index (χ1v) is 26.6. The third-order valence-corrected chi connectivity index (χ3v) is 12.6. The van der Waals surface area contributed by atoms with Crippen molar-refractivity contribution in [1.29, 1.82) is 0 Å². The fourth-order valence-electron chi connectivity index (χ4n) is 8.22. The van der Waals surface area contributed by atoms with Crippen molar-refractivity contribution < 1.29 is 73.8 Å². The Balaban J connectivity index is 1.81. The highest BCUT2D eigenvalue weighted by atomic mass is 16.7. The number of carbonyl (C=O) groups is 2. The van der Waals surface area contributed by atoms with E-state index < -0.39 is 92.7 Å². The molecule has 0 amide bonds. The first-order chi connectivity index (χ1) is 33.0. The van der Waals surface area contributed by atoms with Crippen LogP contribution in [0, 0.1) is 0 Å². The average molecular weight is 971 g/mol. The standard InChI is InChI=1S/C53H94O15/c1-3-5-7-9-11-13-15-17-19-20-22-24-26-28-30-32-34-36-45(56)66-41(38-63-44(55)35-33-31-29-27-25-23-21-18-16-14-12-10-8-6-4-2)39-64-52-51(62)49(60)47(58)43(68-52)40-65-53-50(61)48(59)46(57)42(37-54)67-53/h11,13,17,19,22,24,41-43,46-54,57-62H,3-10,12,14-16,18,20-21,23,25-40H2,1-2H3/b13-11+,19-17+,24-22+/t41-,42+,43+,46-,47-,48?,49?,50?,51?,52+,53+/m1/s1. The van der Waals surface area contributed by atoms with Crippen LogP contribution in [0.25, 0.3) is 0 Å². The number of esters is 2. The summed E-state index contributed by atoms with van der Waals surface area (Å²) < 4.78 is 33.6. The number of carbonyl (C=O) groups excluding carboxylic acids is 2. The molecule has 0 aromatic carbocycles. The molecule has 68 heavy (non-hydrogen) atoms. The van der Waals surface area contributed by atoms with E-state index >= 15 is 0 Å². The van der Waals surface area contributed by atoms with Crippen LogP contribution >= 0.6 is 0 Å². The Morgan fingerprint density at radius 1 is 0.471 bits per heavy atom. The minimum Gasteiger partial charge on any atom is -0.462 e. The lowest BCUT2D eigenvalue weighted by molar-refractivity contribution is -0.332. The maximum atomic E-state index is 13.0. The van der Waals surface area contributed by atoms with Gasteiger partial charge in [-0.2, -0.15) is 0 Å². The fraction of sp³-hybridized carbons (Fsp3) is 0.849. The molecule has 0 aromatic rings. The Morgan fingerprint density at radius 2 is 0.882 bits per heavy atom. The second-order valence-electron chi connectivity index (χ2n) is 18.7. The van der Waals surface area contributed by atoms with Gasteiger partial charge in [-0.25, -0.2) is 0 Å². The largest absolute Gasteiger partial charge is 0.462 e. The van der Waals surface area contributed by atoms with E-state index in [-0.39, 0.29) is 26.1 Å². The number of aliphatic hydroxyl groups is 7. The van der Waals surface area contributed by atoms with Gasteiger partial charge in [0, 0.05) is 12.8 Å². The van der Waals surface area contributed by atoms with Gasteiger partial charge in [0.2, 0.25) is 0 Å². The van der Waals surface area contributed by atoms with Crippen LogP contribution < -0.4 is 0 Å². The summed E-state index contributed by atoms with van der Waals surface area (Å²) in [4.78, 5) is 25.8. The number of rotatable bonds is 41. The Bertz CT molecular complexity index is 1330. The molecule has 396 valence electrons. The second-order valence-corrected chi connectivity index (χ2v) is 18.7. The Kier molecular flexibility index (Phi) is 36.7. The van der Waals surface area contributed by atoms with Crippen LogP contribution in [0.1, 0.15) is 194 Å². The van der Waals surface area contributed by atoms with Gasteiger partial charge in [-0.05, 0) is 51.4 Å². The summed E-state index contributed by atoms with van der Waals surface area (Å²) in [6.07, 6.45) is 25.9. The van der Waals surface area contributed by atoms with Crippen LogP contribution in [0.5, 0.6) is 0 Å². The molecular weight excluding hydrogens is 877 g/mol. The average Bonchev–Trinajstić information content (AvgIpc) is 3.33. The molecule has 15 heteroatoms. The molecule has 0 spiro atoms. The van der Waals surface area contributed by atoms with Gasteiger partial charge in [-0.15, -0.1) is 0 Å². The SMILES string of the molecule is CCCCC/C=C/C/C=C/C/C=C/CCCCCCC(=O)O[C@H](COC(=O)CCCCCCCCCCCCCCCCC)CO[C@H]1O[C@@H](CO[C@H]2O[C@@H](CO)[C@@H](O)C(O)C2O)[C@@H](O)C(O)C1O. The lowest BCUT2D eigenvalue weighted by Crippen LogP contribution is -2.61. The zero-order chi connectivity index (χ0) is 49.6. The van der Waals surface area contributed by atoms with Gasteiger partial charge in [-0.1, -0.05) is 166 Å². The topological polar surface area (TPSA) is 231 Å². The Labute approximate surface area is 408 Å². The second kappa shape index (κ2) is 40.3. The van der Waals surface area contributed by atoms with Gasteiger partial charge < -0.3 is 64.2 Å². The summed E-state index contributed by atoms with van der Waals surface area (Å²) in [5, 5.41) is 72.1. The van der Waals surface area contributed by atoms with Crippen molar-refractivity contribution in [1.82, 2.24) is 0 Å². The van der Waals surface area contributed by atoms with Gasteiger partial charge in [0.05, 0.1) is 19.8 Å². The van der Waals surface area contributed by atoms with Gasteiger partial charge in [0.1, 0.15) is 55.4 Å². The van der Waals surface area contributed by atoms with Crippen molar-refractivity contribution in [3.05, 3.63) is 36.5 Å². The monoisotopic (exact) mass is 971 g/mol. The van der Waals surface area contributed by atoms with E-state index in [2.05, 4.69) is 50.3 Å². The van der Waals surface area contributed by atoms with Crippen LogP contribution in [0.3, 0.4) is 0 Å². The molecule has 7 N–H and O–H groups in total. The number of unbranched alkanes of at least 4 members (excludes halogenated alkanes) is 21. The van der Waals surface area contributed by atoms with Crippen molar-refractivity contribution >= 4 is 11.9 Å². The highest BCUT2D eigenvalue weighted by Gasteiger charge is 2.47.